The molecule has 2 aromatic rings. The predicted octanol–water partition coefficient (Wildman–Crippen LogP) is 5.15. The third-order valence-electron chi connectivity index (χ3n) is 5.94. The van der Waals surface area contributed by atoms with E-state index in [9.17, 15) is 19.1 Å². The molecular weight excluding hydrogens is 399 g/mol. The molecular formula is C25H29FO5. The number of carbonyl (C=O) groups excluding carboxylic acids is 2. The lowest BCUT2D eigenvalue weighted by atomic mass is 9.92. The summed E-state index contributed by atoms with van der Waals surface area (Å²) in [6.45, 7) is 5.39. The first-order valence-electron chi connectivity index (χ1n) is 10.6. The number of halogens is 1. The van der Waals surface area contributed by atoms with E-state index < -0.39 is 0 Å². The molecule has 166 valence electrons. The third-order valence-corrected chi connectivity index (χ3v) is 5.94. The summed E-state index contributed by atoms with van der Waals surface area (Å²) in [6.07, 6.45) is 2.42. The highest BCUT2D eigenvalue weighted by atomic mass is 19.1. The Morgan fingerprint density at radius 3 is 2.39 bits per heavy atom. The number of methoxy groups -OCH3 is 1. The number of ketones is 2. The molecule has 2 aromatic carbocycles. The van der Waals surface area contributed by atoms with Gasteiger partial charge in [0.05, 0.1) is 19.3 Å². The first-order chi connectivity index (χ1) is 14.7. The largest absolute Gasteiger partial charge is 0.504 e. The summed E-state index contributed by atoms with van der Waals surface area (Å²) in [5, 5.41) is 10.9. The van der Waals surface area contributed by atoms with Gasteiger partial charge in [0.25, 0.3) is 0 Å². The van der Waals surface area contributed by atoms with Crippen molar-refractivity contribution in [1.29, 1.82) is 0 Å². The van der Waals surface area contributed by atoms with Crippen LogP contribution in [0.1, 0.15) is 66.1 Å². The topological polar surface area (TPSA) is 72.8 Å². The van der Waals surface area contributed by atoms with Crippen molar-refractivity contribution in [1.82, 2.24) is 0 Å². The Kier molecular flexibility index (Phi) is 6.98. The molecule has 1 fully saturated rings. The van der Waals surface area contributed by atoms with Gasteiger partial charge < -0.3 is 14.6 Å². The molecule has 1 atom stereocenters. The lowest BCUT2D eigenvalue weighted by Gasteiger charge is -2.21. The molecule has 0 aromatic heterocycles. The van der Waals surface area contributed by atoms with E-state index in [1.165, 1.54) is 26.2 Å². The quantitative estimate of drug-likeness (QED) is 0.530. The van der Waals surface area contributed by atoms with Crippen molar-refractivity contribution in [3.8, 4) is 17.2 Å². The number of hydrogen-bond acceptors (Lipinski definition) is 5. The zero-order valence-corrected chi connectivity index (χ0v) is 18.5. The SMILES string of the molecule is COc1c(OCCC(C)c2ccc(F)cc2)c(O)c(CC(=O)C2CC2)c(C)c1C(C)=O. The van der Waals surface area contributed by atoms with Gasteiger partial charge in [0.1, 0.15) is 11.6 Å². The number of benzene rings is 2. The van der Waals surface area contributed by atoms with Gasteiger partial charge in [-0.05, 0) is 62.3 Å². The molecule has 0 radical (unpaired) electrons. The Hall–Kier alpha value is -2.89. The van der Waals surface area contributed by atoms with Gasteiger partial charge in [0, 0.05) is 17.9 Å². The molecule has 31 heavy (non-hydrogen) atoms. The summed E-state index contributed by atoms with van der Waals surface area (Å²) >= 11 is 0. The summed E-state index contributed by atoms with van der Waals surface area (Å²) in [7, 11) is 1.42. The molecule has 1 aliphatic carbocycles. The van der Waals surface area contributed by atoms with E-state index in [1.54, 1.807) is 19.1 Å². The molecule has 1 N–H and O–H groups in total. The molecule has 6 heteroatoms. The zero-order chi connectivity index (χ0) is 22.7. The second-order valence-electron chi connectivity index (χ2n) is 8.25. The van der Waals surface area contributed by atoms with E-state index in [0.717, 1.165) is 18.4 Å². The average Bonchev–Trinajstić information content (AvgIpc) is 3.57. The van der Waals surface area contributed by atoms with Crippen LogP contribution < -0.4 is 9.47 Å². The number of phenolic OH excluding ortho intramolecular Hbond substituents is 1. The number of phenols is 1. The third kappa shape index (κ3) is 5.06. The molecule has 1 unspecified atom stereocenters. The maximum Gasteiger partial charge on any atom is 0.204 e. The van der Waals surface area contributed by atoms with Crippen molar-refractivity contribution in [2.24, 2.45) is 5.92 Å². The fraction of sp³-hybridized carbons (Fsp3) is 0.440. The van der Waals surface area contributed by atoms with E-state index in [0.29, 0.717) is 23.1 Å². The number of rotatable bonds is 10. The van der Waals surface area contributed by atoms with Crippen molar-refractivity contribution < 1.29 is 28.6 Å². The minimum absolute atomic E-state index is 0.0441. The molecule has 5 nitrogen and oxygen atoms in total. The van der Waals surface area contributed by atoms with Crippen LogP contribution >= 0.6 is 0 Å². The highest BCUT2D eigenvalue weighted by Gasteiger charge is 2.33. The van der Waals surface area contributed by atoms with E-state index in [1.807, 2.05) is 6.92 Å². The molecule has 3 rings (SSSR count). The Balaban J connectivity index is 1.86. The Labute approximate surface area is 182 Å². The van der Waals surface area contributed by atoms with Crippen LogP contribution in [0.5, 0.6) is 17.2 Å². The van der Waals surface area contributed by atoms with Gasteiger partial charge in [-0.15, -0.1) is 0 Å². The molecule has 1 aliphatic rings. The van der Waals surface area contributed by atoms with Crippen molar-refractivity contribution >= 4 is 11.6 Å². The number of Topliss-reactive ketones (excluding diaryl/α,β-unsaturated/α-hetero) is 2. The standard InChI is InChI=1S/C25H29FO5/c1-14(17-7-9-19(26)10-8-17)11-12-31-25-23(29)20(13-21(28)18-5-6-18)15(2)22(16(3)27)24(25)30-4/h7-10,14,18,29H,5-6,11-13H2,1-4H3. The monoisotopic (exact) mass is 428 g/mol. The van der Waals surface area contributed by atoms with Gasteiger partial charge in [0.2, 0.25) is 5.75 Å². The van der Waals surface area contributed by atoms with Crippen LogP contribution in [0.4, 0.5) is 4.39 Å². The number of aromatic hydroxyl groups is 1. The molecule has 1 saturated carbocycles. The van der Waals surface area contributed by atoms with Gasteiger partial charge in [-0.25, -0.2) is 4.39 Å². The maximum absolute atomic E-state index is 13.2. The van der Waals surface area contributed by atoms with Gasteiger partial charge in [-0.3, -0.25) is 9.59 Å². The predicted molar refractivity (Wildman–Crippen MR) is 116 cm³/mol. The van der Waals surface area contributed by atoms with Crippen LogP contribution in [0.15, 0.2) is 24.3 Å². The number of ether oxygens (including phenoxy) is 2. The second-order valence-corrected chi connectivity index (χ2v) is 8.25. The molecule has 0 saturated heterocycles. The summed E-state index contributed by atoms with van der Waals surface area (Å²) < 4.78 is 24.5. The van der Waals surface area contributed by atoms with Crippen molar-refractivity contribution in [3.05, 3.63) is 52.3 Å². The van der Waals surface area contributed by atoms with Crippen LogP contribution in [-0.2, 0) is 11.2 Å². The van der Waals surface area contributed by atoms with E-state index in [-0.39, 0.29) is 59.5 Å². The molecule has 0 heterocycles. The highest BCUT2D eigenvalue weighted by Crippen LogP contribution is 2.46. The molecule has 0 spiro atoms. The first kappa shape index (κ1) is 22.8. The summed E-state index contributed by atoms with van der Waals surface area (Å²) in [4.78, 5) is 24.8. The van der Waals surface area contributed by atoms with Gasteiger partial charge in [0.15, 0.2) is 17.3 Å². The normalized spacial score (nSPS) is 14.2. The summed E-state index contributed by atoms with van der Waals surface area (Å²) in [5.74, 6) is -0.185. The Morgan fingerprint density at radius 1 is 1.19 bits per heavy atom. The van der Waals surface area contributed by atoms with Crippen LogP contribution in [0.3, 0.4) is 0 Å². The summed E-state index contributed by atoms with van der Waals surface area (Å²) in [5.41, 5.74) is 2.26. The lowest BCUT2D eigenvalue weighted by molar-refractivity contribution is -0.119. The van der Waals surface area contributed by atoms with Crippen LogP contribution in [0, 0.1) is 18.7 Å². The minimum Gasteiger partial charge on any atom is -0.504 e. The smallest absolute Gasteiger partial charge is 0.204 e. The molecule has 0 bridgehead atoms. The highest BCUT2D eigenvalue weighted by molar-refractivity contribution is 6.01. The van der Waals surface area contributed by atoms with Crippen LogP contribution in [0.2, 0.25) is 0 Å². The fourth-order valence-electron chi connectivity index (χ4n) is 3.85. The molecule has 0 aliphatic heterocycles. The first-order valence-corrected chi connectivity index (χ1v) is 10.6. The fourth-order valence-corrected chi connectivity index (χ4v) is 3.85. The van der Waals surface area contributed by atoms with E-state index in [4.69, 9.17) is 9.47 Å². The van der Waals surface area contributed by atoms with Crippen molar-refractivity contribution in [3.63, 3.8) is 0 Å². The van der Waals surface area contributed by atoms with Crippen LogP contribution in [-0.4, -0.2) is 30.4 Å². The Bertz CT molecular complexity index is 977. The maximum atomic E-state index is 13.2. The van der Waals surface area contributed by atoms with E-state index in [2.05, 4.69) is 0 Å². The van der Waals surface area contributed by atoms with Crippen molar-refractivity contribution in [2.45, 2.75) is 52.4 Å². The van der Waals surface area contributed by atoms with Gasteiger partial charge in [-0.1, -0.05) is 19.1 Å². The summed E-state index contributed by atoms with van der Waals surface area (Å²) in [6, 6.07) is 6.31. The average molecular weight is 429 g/mol. The number of carbonyl (C=O) groups is 2. The number of hydrogen-bond donors (Lipinski definition) is 1. The molecule has 0 amide bonds. The van der Waals surface area contributed by atoms with Gasteiger partial charge >= 0.3 is 0 Å². The zero-order valence-electron chi connectivity index (χ0n) is 18.5. The lowest BCUT2D eigenvalue weighted by Crippen LogP contribution is -2.13. The van der Waals surface area contributed by atoms with Gasteiger partial charge in [-0.2, -0.15) is 0 Å². The van der Waals surface area contributed by atoms with Crippen LogP contribution in [0.25, 0.3) is 0 Å². The van der Waals surface area contributed by atoms with E-state index >= 15 is 0 Å². The minimum atomic E-state index is -0.286. The Morgan fingerprint density at radius 2 is 1.84 bits per heavy atom. The second kappa shape index (κ2) is 9.50. The van der Waals surface area contributed by atoms with Crippen molar-refractivity contribution in [2.75, 3.05) is 13.7 Å².